The molecule has 0 spiro atoms. The van der Waals surface area contributed by atoms with Gasteiger partial charge >= 0.3 is 0 Å². The number of aromatic nitrogens is 1. The quantitative estimate of drug-likeness (QED) is 0.457. The zero-order chi connectivity index (χ0) is 19.5. The second-order valence-electron chi connectivity index (χ2n) is 7.47. The summed E-state index contributed by atoms with van der Waals surface area (Å²) >= 11 is 0. The maximum Gasteiger partial charge on any atom is 0.191 e. The normalized spacial score (nSPS) is 16.4. The van der Waals surface area contributed by atoms with Gasteiger partial charge in [-0.05, 0) is 56.6 Å². The molecule has 1 aromatic heterocycles. The molecule has 0 radical (unpaired) electrons. The Hall–Kier alpha value is -1.82. The molecule has 1 aliphatic rings. The van der Waals surface area contributed by atoms with Crippen LogP contribution < -0.4 is 15.5 Å². The van der Waals surface area contributed by atoms with Crippen LogP contribution in [0.15, 0.2) is 29.4 Å². The third-order valence-corrected chi connectivity index (χ3v) is 5.87. The summed E-state index contributed by atoms with van der Waals surface area (Å²) in [5.74, 6) is 1.97. The van der Waals surface area contributed by atoms with E-state index in [1.165, 1.54) is 0 Å². The first-order valence-corrected chi connectivity index (χ1v) is 10.5. The Balaban J connectivity index is 1.92. The third kappa shape index (κ3) is 6.38. The molecular formula is C21H37N5O. The number of guanidine groups is 1. The van der Waals surface area contributed by atoms with Crippen LogP contribution in [0, 0.1) is 5.41 Å². The van der Waals surface area contributed by atoms with Gasteiger partial charge in [-0.2, -0.15) is 0 Å². The summed E-state index contributed by atoms with van der Waals surface area (Å²) in [5.41, 5.74) is 0.0967. The predicted octanol–water partition coefficient (Wildman–Crippen LogP) is 2.79. The number of hydrogen-bond donors (Lipinski definition) is 3. The van der Waals surface area contributed by atoms with Gasteiger partial charge in [0.25, 0.3) is 0 Å². The summed E-state index contributed by atoms with van der Waals surface area (Å²) in [6.45, 7) is 10.3. The molecule has 1 aromatic rings. The number of nitrogens with zero attached hydrogens (tertiary/aromatic N) is 3. The molecule has 0 saturated carbocycles. The van der Waals surface area contributed by atoms with Crippen LogP contribution in [0.5, 0.6) is 0 Å². The molecule has 0 aliphatic carbocycles. The topological polar surface area (TPSA) is 72.8 Å². The van der Waals surface area contributed by atoms with E-state index in [0.717, 1.165) is 70.1 Å². The molecule has 2 rings (SSSR count). The van der Waals surface area contributed by atoms with Crippen molar-refractivity contribution >= 4 is 11.8 Å². The van der Waals surface area contributed by atoms with E-state index < -0.39 is 0 Å². The van der Waals surface area contributed by atoms with Gasteiger partial charge in [-0.1, -0.05) is 19.9 Å². The fraction of sp³-hybridized carbons (Fsp3) is 0.714. The average molecular weight is 376 g/mol. The van der Waals surface area contributed by atoms with Crippen LogP contribution in [0.25, 0.3) is 0 Å². The number of hydrogen-bond acceptors (Lipinski definition) is 4. The number of aliphatic hydroxyl groups is 1. The van der Waals surface area contributed by atoms with E-state index in [1.807, 2.05) is 18.3 Å². The molecule has 6 nitrogen and oxygen atoms in total. The number of piperidine rings is 1. The summed E-state index contributed by atoms with van der Waals surface area (Å²) in [7, 11) is 0. The Morgan fingerprint density at radius 2 is 2.00 bits per heavy atom. The van der Waals surface area contributed by atoms with Crippen molar-refractivity contribution in [2.24, 2.45) is 10.4 Å². The summed E-state index contributed by atoms with van der Waals surface area (Å²) < 4.78 is 0. The highest BCUT2D eigenvalue weighted by atomic mass is 16.3. The van der Waals surface area contributed by atoms with Crippen LogP contribution >= 0.6 is 0 Å². The van der Waals surface area contributed by atoms with Gasteiger partial charge in [-0.15, -0.1) is 0 Å². The van der Waals surface area contributed by atoms with Crippen molar-refractivity contribution in [1.29, 1.82) is 0 Å². The highest BCUT2D eigenvalue weighted by molar-refractivity contribution is 5.80. The maximum absolute atomic E-state index is 9.42. The van der Waals surface area contributed by atoms with Gasteiger partial charge in [0.1, 0.15) is 5.82 Å². The molecule has 1 aliphatic heterocycles. The Morgan fingerprint density at radius 1 is 1.26 bits per heavy atom. The molecule has 0 atom stereocenters. The Morgan fingerprint density at radius 3 is 2.56 bits per heavy atom. The van der Waals surface area contributed by atoms with Crippen molar-refractivity contribution in [1.82, 2.24) is 15.6 Å². The maximum atomic E-state index is 9.42. The lowest BCUT2D eigenvalue weighted by Gasteiger charge is -2.34. The van der Waals surface area contributed by atoms with Crippen molar-refractivity contribution in [3.05, 3.63) is 24.4 Å². The summed E-state index contributed by atoms with van der Waals surface area (Å²) in [6.07, 6.45) is 6.89. The molecule has 0 aromatic carbocycles. The molecule has 0 bridgehead atoms. The fourth-order valence-electron chi connectivity index (χ4n) is 3.70. The number of aliphatic imine (C=N–C) groups is 1. The molecular weight excluding hydrogens is 338 g/mol. The minimum atomic E-state index is 0.0967. The molecule has 1 saturated heterocycles. The number of rotatable bonds is 9. The second-order valence-corrected chi connectivity index (χ2v) is 7.47. The predicted molar refractivity (Wildman–Crippen MR) is 113 cm³/mol. The van der Waals surface area contributed by atoms with Crippen LogP contribution in [0.1, 0.15) is 52.9 Å². The van der Waals surface area contributed by atoms with Crippen LogP contribution in [-0.2, 0) is 0 Å². The number of aliphatic hydroxyl groups excluding tert-OH is 1. The zero-order valence-corrected chi connectivity index (χ0v) is 17.2. The Kier molecular flexibility index (Phi) is 8.85. The van der Waals surface area contributed by atoms with Crippen molar-refractivity contribution in [3.63, 3.8) is 0 Å². The van der Waals surface area contributed by atoms with E-state index in [4.69, 9.17) is 4.99 Å². The highest BCUT2D eigenvalue weighted by Crippen LogP contribution is 2.30. The van der Waals surface area contributed by atoms with Crippen LogP contribution in [0.3, 0.4) is 0 Å². The van der Waals surface area contributed by atoms with Gasteiger partial charge in [0.05, 0.1) is 0 Å². The van der Waals surface area contributed by atoms with Crippen LogP contribution in [0.4, 0.5) is 5.82 Å². The standard InChI is InChI=1S/C21H37N5O/c1-4-21(5-2,12-16-27)17-24-20(22-6-3)25-18-10-14-26(15-11-18)19-9-7-8-13-23-19/h7-9,13,18,27H,4-6,10-12,14-17H2,1-3H3,(H2,22,24,25). The number of pyridine rings is 1. The van der Waals surface area contributed by atoms with Gasteiger partial charge in [0.2, 0.25) is 0 Å². The first-order valence-electron chi connectivity index (χ1n) is 10.5. The molecule has 1 fully saturated rings. The van der Waals surface area contributed by atoms with E-state index in [2.05, 4.69) is 47.4 Å². The van der Waals surface area contributed by atoms with E-state index in [1.54, 1.807) is 0 Å². The highest BCUT2D eigenvalue weighted by Gasteiger charge is 2.26. The lowest BCUT2D eigenvalue weighted by molar-refractivity contribution is 0.175. The lowest BCUT2D eigenvalue weighted by atomic mass is 9.79. The minimum Gasteiger partial charge on any atom is -0.396 e. The van der Waals surface area contributed by atoms with Crippen molar-refractivity contribution < 1.29 is 5.11 Å². The van der Waals surface area contributed by atoms with Crippen LogP contribution in [0.2, 0.25) is 0 Å². The largest absolute Gasteiger partial charge is 0.396 e. The molecule has 0 unspecified atom stereocenters. The van der Waals surface area contributed by atoms with Gasteiger partial charge in [0.15, 0.2) is 5.96 Å². The van der Waals surface area contributed by atoms with Crippen LogP contribution in [-0.4, -0.2) is 54.9 Å². The van der Waals surface area contributed by atoms with Gasteiger partial charge < -0.3 is 20.6 Å². The SMILES string of the molecule is CCNC(=NCC(CC)(CC)CCO)NC1CCN(c2ccccn2)CC1. The van der Waals surface area contributed by atoms with E-state index in [9.17, 15) is 5.11 Å². The smallest absolute Gasteiger partial charge is 0.191 e. The number of nitrogens with one attached hydrogen (secondary N) is 2. The zero-order valence-electron chi connectivity index (χ0n) is 17.2. The Labute approximate surface area is 164 Å². The fourth-order valence-corrected chi connectivity index (χ4v) is 3.70. The summed E-state index contributed by atoms with van der Waals surface area (Å²) in [4.78, 5) is 11.7. The van der Waals surface area contributed by atoms with Crippen molar-refractivity contribution in [2.45, 2.75) is 58.9 Å². The first kappa shape index (κ1) is 21.5. The molecule has 0 amide bonds. The van der Waals surface area contributed by atoms with Crippen molar-refractivity contribution in [2.75, 3.05) is 37.7 Å². The average Bonchev–Trinajstić information content (AvgIpc) is 2.72. The molecule has 27 heavy (non-hydrogen) atoms. The van der Waals surface area contributed by atoms with Gasteiger partial charge in [-0.3, -0.25) is 4.99 Å². The third-order valence-electron chi connectivity index (χ3n) is 5.87. The molecule has 2 heterocycles. The molecule has 6 heteroatoms. The van der Waals surface area contributed by atoms with E-state index in [0.29, 0.717) is 6.04 Å². The number of anilines is 1. The molecule has 152 valence electrons. The van der Waals surface area contributed by atoms with Gasteiger partial charge in [-0.25, -0.2) is 4.98 Å². The second kappa shape index (κ2) is 11.1. The minimum absolute atomic E-state index is 0.0967. The lowest BCUT2D eigenvalue weighted by Crippen LogP contribution is -2.49. The van der Waals surface area contributed by atoms with E-state index >= 15 is 0 Å². The summed E-state index contributed by atoms with van der Waals surface area (Å²) in [6, 6.07) is 6.51. The van der Waals surface area contributed by atoms with Gasteiger partial charge in [0, 0.05) is 45.0 Å². The Bertz CT molecular complexity index is 551. The van der Waals surface area contributed by atoms with E-state index in [-0.39, 0.29) is 12.0 Å². The summed E-state index contributed by atoms with van der Waals surface area (Å²) in [5, 5.41) is 16.4. The van der Waals surface area contributed by atoms with Crippen molar-refractivity contribution in [3.8, 4) is 0 Å². The monoisotopic (exact) mass is 375 g/mol. The first-order chi connectivity index (χ1) is 13.2. The molecule has 3 N–H and O–H groups in total.